The summed E-state index contributed by atoms with van der Waals surface area (Å²) in [5.74, 6) is -0.266. The Balaban J connectivity index is 1.74. The maximum absolute atomic E-state index is 13.9. The summed E-state index contributed by atoms with van der Waals surface area (Å²) in [4.78, 5) is 14.4. The van der Waals surface area contributed by atoms with Crippen LogP contribution in [-0.4, -0.2) is 36.1 Å². The first-order valence-corrected chi connectivity index (χ1v) is 7.20. The van der Waals surface area contributed by atoms with E-state index in [1.165, 1.54) is 12.3 Å². The molecule has 1 fully saturated rings. The van der Waals surface area contributed by atoms with Crippen molar-refractivity contribution in [3.05, 3.63) is 53.7 Å². The Bertz CT molecular complexity index is 653. The molecule has 1 aliphatic rings. The molecule has 0 aliphatic carbocycles. The Hall–Kier alpha value is -2.21. The summed E-state index contributed by atoms with van der Waals surface area (Å²) in [7, 11) is 1.73. The fraction of sp³-hybridized carbons (Fsp3) is 0.375. The predicted octanol–water partition coefficient (Wildman–Crippen LogP) is 1.60. The van der Waals surface area contributed by atoms with E-state index in [9.17, 15) is 9.18 Å². The summed E-state index contributed by atoms with van der Waals surface area (Å²) in [5, 5.41) is 6.95. The molecule has 1 aromatic heterocycles. The molecule has 0 atom stereocenters. The summed E-state index contributed by atoms with van der Waals surface area (Å²) < 4.78 is 18.7. The van der Waals surface area contributed by atoms with Crippen molar-refractivity contribution in [2.75, 3.05) is 20.1 Å². The van der Waals surface area contributed by atoms with Crippen molar-refractivity contribution in [1.82, 2.24) is 15.4 Å². The number of hydrogen-bond donors (Lipinski definition) is 1. The Morgan fingerprint density at radius 1 is 1.41 bits per heavy atom. The lowest BCUT2D eigenvalue weighted by Gasteiger charge is -2.43. The van der Waals surface area contributed by atoms with Crippen molar-refractivity contribution in [2.45, 2.75) is 13.0 Å². The summed E-state index contributed by atoms with van der Waals surface area (Å²) >= 11 is 0. The van der Waals surface area contributed by atoms with E-state index in [0.29, 0.717) is 37.3 Å². The zero-order chi connectivity index (χ0) is 15.6. The van der Waals surface area contributed by atoms with Crippen LogP contribution in [0.25, 0.3) is 0 Å². The van der Waals surface area contributed by atoms with Crippen LogP contribution >= 0.6 is 0 Å². The average molecular weight is 303 g/mol. The molecule has 0 bridgehead atoms. The van der Waals surface area contributed by atoms with Crippen LogP contribution in [0.2, 0.25) is 0 Å². The van der Waals surface area contributed by atoms with Gasteiger partial charge in [0.2, 0.25) is 5.91 Å². The third kappa shape index (κ3) is 2.74. The van der Waals surface area contributed by atoms with Crippen LogP contribution < -0.4 is 5.32 Å². The fourth-order valence-corrected chi connectivity index (χ4v) is 2.82. The number of aromatic nitrogens is 1. The normalized spacial score (nSPS) is 16.1. The zero-order valence-electron chi connectivity index (χ0n) is 12.4. The Kier molecular flexibility index (Phi) is 3.94. The number of hydrogen-bond acceptors (Lipinski definition) is 4. The van der Waals surface area contributed by atoms with Gasteiger partial charge in [-0.2, -0.15) is 0 Å². The highest BCUT2D eigenvalue weighted by molar-refractivity contribution is 5.84. The first-order chi connectivity index (χ1) is 10.6. The molecule has 2 heterocycles. The van der Waals surface area contributed by atoms with Crippen molar-refractivity contribution in [1.29, 1.82) is 0 Å². The SMILES string of the molecule is CN(Cc1ccon1)C(=O)C1(Cc2ccccc2F)CNC1. The van der Waals surface area contributed by atoms with E-state index in [1.807, 2.05) is 0 Å². The van der Waals surface area contributed by atoms with E-state index >= 15 is 0 Å². The lowest BCUT2D eigenvalue weighted by molar-refractivity contribution is -0.144. The van der Waals surface area contributed by atoms with Crippen LogP contribution in [0.3, 0.4) is 0 Å². The van der Waals surface area contributed by atoms with Gasteiger partial charge in [0.25, 0.3) is 0 Å². The van der Waals surface area contributed by atoms with Crippen LogP contribution in [0.15, 0.2) is 41.1 Å². The van der Waals surface area contributed by atoms with Gasteiger partial charge in [0, 0.05) is 26.2 Å². The summed E-state index contributed by atoms with van der Waals surface area (Å²) in [6.45, 7) is 1.50. The lowest BCUT2D eigenvalue weighted by atomic mass is 9.75. The molecule has 0 radical (unpaired) electrons. The minimum absolute atomic E-state index is 0.00231. The van der Waals surface area contributed by atoms with Crippen LogP contribution in [0.4, 0.5) is 4.39 Å². The van der Waals surface area contributed by atoms with Gasteiger partial charge in [0.1, 0.15) is 17.8 Å². The van der Waals surface area contributed by atoms with Crippen LogP contribution in [0.1, 0.15) is 11.3 Å². The Labute approximate surface area is 128 Å². The average Bonchev–Trinajstić information content (AvgIpc) is 2.97. The van der Waals surface area contributed by atoms with Crippen molar-refractivity contribution in [3.63, 3.8) is 0 Å². The molecule has 3 rings (SSSR count). The topological polar surface area (TPSA) is 58.4 Å². The van der Waals surface area contributed by atoms with Gasteiger partial charge in [-0.25, -0.2) is 4.39 Å². The van der Waals surface area contributed by atoms with Crippen LogP contribution in [-0.2, 0) is 17.8 Å². The largest absolute Gasteiger partial charge is 0.364 e. The number of benzene rings is 1. The molecule has 22 heavy (non-hydrogen) atoms. The molecular weight excluding hydrogens is 285 g/mol. The Morgan fingerprint density at radius 3 is 2.77 bits per heavy atom. The molecule has 5 nitrogen and oxygen atoms in total. The number of halogens is 1. The molecule has 1 N–H and O–H groups in total. The number of carbonyl (C=O) groups is 1. The molecule has 0 unspecified atom stereocenters. The van der Waals surface area contributed by atoms with Gasteiger partial charge in [-0.05, 0) is 18.1 Å². The summed E-state index contributed by atoms with van der Waals surface area (Å²) in [6.07, 6.45) is 1.88. The van der Waals surface area contributed by atoms with E-state index in [1.54, 1.807) is 36.2 Å². The maximum Gasteiger partial charge on any atom is 0.231 e. The van der Waals surface area contributed by atoms with Gasteiger partial charge in [-0.3, -0.25) is 4.79 Å². The molecule has 1 aromatic carbocycles. The molecule has 6 heteroatoms. The number of nitrogens with one attached hydrogen (secondary N) is 1. The first kappa shape index (κ1) is 14.7. The van der Waals surface area contributed by atoms with Gasteiger partial charge < -0.3 is 14.7 Å². The highest BCUT2D eigenvalue weighted by Crippen LogP contribution is 2.31. The second-order valence-corrected chi connectivity index (χ2v) is 5.80. The molecule has 1 aliphatic heterocycles. The molecule has 1 amide bonds. The molecule has 2 aromatic rings. The number of nitrogens with zero attached hydrogens (tertiary/aromatic N) is 2. The molecular formula is C16H18FN3O2. The fourth-order valence-electron chi connectivity index (χ4n) is 2.82. The zero-order valence-corrected chi connectivity index (χ0v) is 12.4. The standard InChI is InChI=1S/C16H18FN3O2/c1-20(9-13-6-7-22-19-13)15(21)16(10-18-11-16)8-12-4-2-3-5-14(12)17/h2-7,18H,8-11H2,1H3. The van der Waals surface area contributed by atoms with E-state index in [0.717, 1.165) is 0 Å². The minimum Gasteiger partial charge on any atom is -0.364 e. The van der Waals surface area contributed by atoms with Crippen molar-refractivity contribution in [3.8, 4) is 0 Å². The molecule has 116 valence electrons. The smallest absolute Gasteiger partial charge is 0.231 e. The quantitative estimate of drug-likeness (QED) is 0.911. The highest BCUT2D eigenvalue weighted by atomic mass is 19.1. The highest BCUT2D eigenvalue weighted by Gasteiger charge is 2.46. The van der Waals surface area contributed by atoms with E-state index in [4.69, 9.17) is 4.52 Å². The lowest BCUT2D eigenvalue weighted by Crippen LogP contribution is -2.62. The molecule has 0 saturated carbocycles. The first-order valence-electron chi connectivity index (χ1n) is 7.20. The van der Waals surface area contributed by atoms with Crippen molar-refractivity contribution in [2.24, 2.45) is 5.41 Å². The number of rotatable bonds is 5. The molecule has 1 saturated heterocycles. The van der Waals surface area contributed by atoms with Gasteiger partial charge in [0.05, 0.1) is 12.0 Å². The van der Waals surface area contributed by atoms with Gasteiger partial charge in [-0.1, -0.05) is 23.4 Å². The summed E-state index contributed by atoms with van der Waals surface area (Å²) in [5.41, 5.74) is 0.692. The molecule has 0 spiro atoms. The predicted molar refractivity (Wildman–Crippen MR) is 78.4 cm³/mol. The number of amides is 1. The van der Waals surface area contributed by atoms with E-state index < -0.39 is 5.41 Å². The van der Waals surface area contributed by atoms with Gasteiger partial charge in [-0.15, -0.1) is 0 Å². The van der Waals surface area contributed by atoms with Gasteiger partial charge in [0.15, 0.2) is 0 Å². The maximum atomic E-state index is 13.9. The third-order valence-corrected chi connectivity index (χ3v) is 4.10. The minimum atomic E-state index is -0.583. The third-order valence-electron chi connectivity index (χ3n) is 4.10. The van der Waals surface area contributed by atoms with Gasteiger partial charge >= 0.3 is 0 Å². The van der Waals surface area contributed by atoms with Crippen molar-refractivity contribution < 1.29 is 13.7 Å². The Morgan fingerprint density at radius 2 is 2.18 bits per heavy atom. The van der Waals surface area contributed by atoms with Crippen LogP contribution in [0.5, 0.6) is 0 Å². The summed E-state index contributed by atoms with van der Waals surface area (Å²) in [6, 6.07) is 8.34. The van der Waals surface area contributed by atoms with Crippen LogP contribution in [0, 0.1) is 11.2 Å². The van der Waals surface area contributed by atoms with E-state index in [-0.39, 0.29) is 11.7 Å². The second kappa shape index (κ2) is 5.88. The van der Waals surface area contributed by atoms with E-state index in [2.05, 4.69) is 10.5 Å². The number of carbonyl (C=O) groups excluding carboxylic acids is 1. The second-order valence-electron chi connectivity index (χ2n) is 5.80. The van der Waals surface area contributed by atoms with Crippen molar-refractivity contribution >= 4 is 5.91 Å². The monoisotopic (exact) mass is 303 g/mol.